The van der Waals surface area contributed by atoms with E-state index >= 15 is 0 Å². The first-order valence-corrected chi connectivity index (χ1v) is 6.55. The highest BCUT2D eigenvalue weighted by Gasteiger charge is 2.21. The Morgan fingerprint density at radius 3 is 2.95 bits per heavy atom. The van der Waals surface area contributed by atoms with E-state index in [1.54, 1.807) is 24.3 Å². The molecule has 21 heavy (non-hydrogen) atoms. The Balaban J connectivity index is 2.05. The SMILES string of the molecule is COC(CNC(=O)C1=Cc2cc(Cl)ccc2OC1)C(=O)O. The number of carbonyl (C=O) groups is 2. The summed E-state index contributed by atoms with van der Waals surface area (Å²) >= 11 is 5.89. The lowest BCUT2D eigenvalue weighted by Crippen LogP contribution is -2.39. The van der Waals surface area contributed by atoms with Gasteiger partial charge in [-0.2, -0.15) is 0 Å². The van der Waals surface area contributed by atoms with Crippen LogP contribution in [0.2, 0.25) is 5.02 Å². The van der Waals surface area contributed by atoms with Gasteiger partial charge in [0.25, 0.3) is 5.91 Å². The van der Waals surface area contributed by atoms with Crippen molar-refractivity contribution >= 4 is 29.6 Å². The highest BCUT2D eigenvalue weighted by Crippen LogP contribution is 2.28. The van der Waals surface area contributed by atoms with Gasteiger partial charge in [-0.05, 0) is 24.3 Å². The first kappa shape index (κ1) is 15.3. The number of rotatable bonds is 5. The van der Waals surface area contributed by atoms with Gasteiger partial charge in [0.15, 0.2) is 6.10 Å². The van der Waals surface area contributed by atoms with E-state index in [-0.39, 0.29) is 13.2 Å². The van der Waals surface area contributed by atoms with Crippen LogP contribution in [0.4, 0.5) is 0 Å². The summed E-state index contributed by atoms with van der Waals surface area (Å²) < 4.78 is 10.2. The normalized spacial score (nSPS) is 14.5. The van der Waals surface area contributed by atoms with Gasteiger partial charge < -0.3 is 19.9 Å². The molecule has 0 fully saturated rings. The van der Waals surface area contributed by atoms with Crippen LogP contribution in [0.3, 0.4) is 0 Å². The van der Waals surface area contributed by atoms with E-state index in [0.717, 1.165) is 0 Å². The number of hydrogen-bond donors (Lipinski definition) is 2. The van der Waals surface area contributed by atoms with E-state index in [4.69, 9.17) is 26.2 Å². The molecule has 0 spiro atoms. The number of methoxy groups -OCH3 is 1. The second-order valence-corrected chi connectivity index (χ2v) is 4.85. The van der Waals surface area contributed by atoms with Crippen molar-refractivity contribution in [3.63, 3.8) is 0 Å². The smallest absolute Gasteiger partial charge is 0.334 e. The van der Waals surface area contributed by atoms with Crippen LogP contribution in [-0.4, -0.2) is 43.3 Å². The maximum absolute atomic E-state index is 12.0. The lowest BCUT2D eigenvalue weighted by atomic mass is 10.1. The molecule has 1 heterocycles. The molecule has 0 aliphatic carbocycles. The summed E-state index contributed by atoms with van der Waals surface area (Å²) in [6.45, 7) is -0.00437. The summed E-state index contributed by atoms with van der Waals surface area (Å²) in [5, 5.41) is 11.9. The van der Waals surface area contributed by atoms with E-state index in [0.29, 0.717) is 21.9 Å². The average molecular weight is 312 g/mol. The fourth-order valence-corrected chi connectivity index (χ4v) is 2.03. The van der Waals surface area contributed by atoms with Crippen molar-refractivity contribution in [3.8, 4) is 5.75 Å². The van der Waals surface area contributed by atoms with E-state index < -0.39 is 18.0 Å². The molecule has 6 nitrogen and oxygen atoms in total. The molecule has 1 atom stereocenters. The molecule has 7 heteroatoms. The van der Waals surface area contributed by atoms with Crippen LogP contribution >= 0.6 is 11.6 Å². The first-order valence-electron chi connectivity index (χ1n) is 6.18. The molecular weight excluding hydrogens is 298 g/mol. The van der Waals surface area contributed by atoms with Crippen molar-refractivity contribution in [1.29, 1.82) is 0 Å². The van der Waals surface area contributed by atoms with Crippen molar-refractivity contribution in [2.75, 3.05) is 20.3 Å². The predicted molar refractivity (Wildman–Crippen MR) is 76.4 cm³/mol. The molecule has 1 amide bonds. The van der Waals surface area contributed by atoms with Crippen LogP contribution in [0.5, 0.6) is 5.75 Å². The van der Waals surface area contributed by atoms with Gasteiger partial charge in [0.2, 0.25) is 0 Å². The van der Waals surface area contributed by atoms with Gasteiger partial charge in [0.05, 0.1) is 12.1 Å². The number of carboxylic acids is 1. The lowest BCUT2D eigenvalue weighted by Gasteiger charge is -2.18. The summed E-state index contributed by atoms with van der Waals surface area (Å²) in [5.41, 5.74) is 1.10. The van der Waals surface area contributed by atoms with Crippen molar-refractivity contribution in [3.05, 3.63) is 34.4 Å². The number of amides is 1. The number of nitrogens with one attached hydrogen (secondary N) is 1. The quantitative estimate of drug-likeness (QED) is 0.857. The van der Waals surface area contributed by atoms with Crippen LogP contribution in [-0.2, 0) is 14.3 Å². The van der Waals surface area contributed by atoms with E-state index in [9.17, 15) is 9.59 Å². The maximum Gasteiger partial charge on any atom is 0.334 e. The Kier molecular flexibility index (Phi) is 4.82. The monoisotopic (exact) mass is 311 g/mol. The Hall–Kier alpha value is -2.05. The molecule has 1 aliphatic rings. The Labute approximate surface area is 126 Å². The maximum atomic E-state index is 12.0. The molecule has 0 radical (unpaired) electrons. The van der Waals surface area contributed by atoms with Gasteiger partial charge in [0, 0.05) is 17.7 Å². The molecular formula is C14H14ClNO5. The van der Waals surface area contributed by atoms with Crippen LogP contribution < -0.4 is 10.1 Å². The van der Waals surface area contributed by atoms with Crippen molar-refractivity contribution in [2.45, 2.75) is 6.10 Å². The van der Waals surface area contributed by atoms with Crippen LogP contribution in [0.25, 0.3) is 6.08 Å². The van der Waals surface area contributed by atoms with E-state index in [2.05, 4.69) is 5.32 Å². The Bertz CT molecular complexity index is 599. The number of aliphatic carboxylic acids is 1. The number of fused-ring (bicyclic) bond motifs is 1. The summed E-state index contributed by atoms with van der Waals surface area (Å²) in [4.78, 5) is 22.8. The van der Waals surface area contributed by atoms with Crippen LogP contribution in [0.1, 0.15) is 5.56 Å². The zero-order chi connectivity index (χ0) is 15.4. The van der Waals surface area contributed by atoms with Gasteiger partial charge >= 0.3 is 5.97 Å². The molecule has 0 saturated carbocycles. The summed E-state index contributed by atoms with van der Waals surface area (Å²) in [6.07, 6.45) is 0.587. The lowest BCUT2D eigenvalue weighted by molar-refractivity contribution is -0.148. The molecule has 2 N–H and O–H groups in total. The van der Waals surface area contributed by atoms with Gasteiger partial charge in [-0.25, -0.2) is 4.79 Å². The van der Waals surface area contributed by atoms with Crippen LogP contribution in [0, 0.1) is 0 Å². The second-order valence-electron chi connectivity index (χ2n) is 4.41. The van der Waals surface area contributed by atoms with Crippen molar-refractivity contribution < 1.29 is 24.2 Å². The van der Waals surface area contributed by atoms with Crippen molar-refractivity contribution in [2.24, 2.45) is 0 Å². The summed E-state index contributed by atoms with van der Waals surface area (Å²) in [6, 6.07) is 5.13. The number of carbonyl (C=O) groups excluding carboxylic acids is 1. The predicted octanol–water partition coefficient (Wildman–Crippen LogP) is 1.33. The Morgan fingerprint density at radius 2 is 2.29 bits per heavy atom. The molecule has 0 bridgehead atoms. The number of carboxylic acid groups (broad SMARTS) is 1. The zero-order valence-corrected chi connectivity index (χ0v) is 12.0. The molecule has 112 valence electrons. The molecule has 2 rings (SSSR count). The molecule has 1 unspecified atom stereocenters. The minimum atomic E-state index is -1.14. The zero-order valence-electron chi connectivity index (χ0n) is 11.3. The molecule has 1 aromatic rings. The third kappa shape index (κ3) is 3.74. The van der Waals surface area contributed by atoms with E-state index in [1.165, 1.54) is 7.11 Å². The fraction of sp³-hybridized carbons (Fsp3) is 0.286. The third-order valence-corrected chi connectivity index (χ3v) is 3.22. The molecule has 1 aliphatic heterocycles. The number of hydrogen-bond acceptors (Lipinski definition) is 4. The van der Waals surface area contributed by atoms with E-state index in [1.807, 2.05) is 0 Å². The highest BCUT2D eigenvalue weighted by molar-refractivity contribution is 6.30. The molecule has 0 saturated heterocycles. The molecule has 0 aromatic heterocycles. The highest BCUT2D eigenvalue weighted by atomic mass is 35.5. The van der Waals surface area contributed by atoms with Crippen LogP contribution in [0.15, 0.2) is 23.8 Å². The first-order chi connectivity index (χ1) is 10.0. The number of benzene rings is 1. The minimum Gasteiger partial charge on any atom is -0.488 e. The third-order valence-electron chi connectivity index (χ3n) is 2.98. The van der Waals surface area contributed by atoms with Gasteiger partial charge in [-0.15, -0.1) is 0 Å². The minimum absolute atomic E-state index is 0.116. The standard InChI is InChI=1S/C14H14ClNO5/c1-20-12(14(18)19)6-16-13(17)9-4-8-5-10(15)2-3-11(8)21-7-9/h2-5,12H,6-7H2,1H3,(H,16,17)(H,18,19). The van der Waals surface area contributed by atoms with Crippen molar-refractivity contribution in [1.82, 2.24) is 5.32 Å². The average Bonchev–Trinajstić information content (AvgIpc) is 2.46. The second kappa shape index (κ2) is 6.60. The topological polar surface area (TPSA) is 84.9 Å². The number of ether oxygens (including phenoxy) is 2. The Morgan fingerprint density at radius 1 is 1.52 bits per heavy atom. The van der Waals surface area contributed by atoms with Gasteiger partial charge in [0.1, 0.15) is 12.4 Å². The van der Waals surface area contributed by atoms with Gasteiger partial charge in [-0.3, -0.25) is 4.79 Å². The fourth-order valence-electron chi connectivity index (χ4n) is 1.85. The number of halogens is 1. The largest absolute Gasteiger partial charge is 0.488 e. The van der Waals surface area contributed by atoms with Gasteiger partial charge in [-0.1, -0.05) is 11.6 Å². The summed E-state index contributed by atoms with van der Waals surface area (Å²) in [5.74, 6) is -0.885. The summed E-state index contributed by atoms with van der Waals surface area (Å²) in [7, 11) is 1.27. The molecule has 1 aromatic carbocycles.